The second-order valence-electron chi connectivity index (χ2n) is 7.63. The van der Waals surface area contributed by atoms with E-state index in [2.05, 4.69) is 21.2 Å². The van der Waals surface area contributed by atoms with E-state index < -0.39 is 6.04 Å². The summed E-state index contributed by atoms with van der Waals surface area (Å²) in [4.78, 5) is 27.9. The Hall–Kier alpha value is -2.83. The summed E-state index contributed by atoms with van der Waals surface area (Å²) in [5.74, 6) is 0.0278. The Balaban J connectivity index is 1.88. The van der Waals surface area contributed by atoms with E-state index in [4.69, 9.17) is 16.3 Å². The average molecular weight is 530 g/mol. The van der Waals surface area contributed by atoms with Crippen LogP contribution in [0.15, 0.2) is 77.3 Å². The Bertz CT molecular complexity index is 1110. The third-order valence-corrected chi connectivity index (χ3v) is 6.57. The van der Waals surface area contributed by atoms with Crippen LogP contribution < -0.4 is 10.1 Å². The van der Waals surface area contributed by atoms with E-state index in [-0.39, 0.29) is 25.0 Å². The molecule has 0 spiro atoms. The fraction of sp³-hybridized carbons (Fsp3) is 0.231. The first kappa shape index (κ1) is 24.8. The number of hydrogen-bond acceptors (Lipinski definition) is 3. The number of aryl methyl sites for hydroxylation is 1. The monoisotopic (exact) mass is 528 g/mol. The predicted molar refractivity (Wildman–Crippen MR) is 134 cm³/mol. The van der Waals surface area contributed by atoms with Crippen LogP contribution in [0.5, 0.6) is 5.75 Å². The highest BCUT2D eigenvalue weighted by Gasteiger charge is 2.30. The lowest BCUT2D eigenvalue weighted by Crippen LogP contribution is -2.51. The van der Waals surface area contributed by atoms with Gasteiger partial charge in [0.1, 0.15) is 11.8 Å². The van der Waals surface area contributed by atoms with E-state index in [0.717, 1.165) is 21.2 Å². The zero-order valence-electron chi connectivity index (χ0n) is 18.6. The molecule has 5 nitrogen and oxygen atoms in total. The van der Waals surface area contributed by atoms with Gasteiger partial charge in [0, 0.05) is 29.5 Å². The fourth-order valence-corrected chi connectivity index (χ4v) is 3.91. The van der Waals surface area contributed by atoms with Gasteiger partial charge in [-0.3, -0.25) is 9.59 Å². The molecule has 0 fully saturated rings. The Kier molecular flexibility index (Phi) is 8.92. The number of amides is 2. The topological polar surface area (TPSA) is 58.6 Å². The first-order valence-electron chi connectivity index (χ1n) is 10.6. The molecule has 1 N–H and O–H groups in total. The Morgan fingerprint density at radius 1 is 1.06 bits per heavy atom. The maximum absolute atomic E-state index is 13.4. The summed E-state index contributed by atoms with van der Waals surface area (Å²) >= 11 is 9.85. The van der Waals surface area contributed by atoms with Crippen molar-refractivity contribution < 1.29 is 14.3 Å². The summed E-state index contributed by atoms with van der Waals surface area (Å²) in [6, 6.07) is 21.7. The minimum Gasteiger partial charge on any atom is -0.484 e. The third kappa shape index (κ3) is 6.83. The summed E-state index contributed by atoms with van der Waals surface area (Å²) < 4.78 is 6.75. The summed E-state index contributed by atoms with van der Waals surface area (Å²) in [7, 11) is 1.57. The third-order valence-electron chi connectivity index (χ3n) is 5.31. The lowest BCUT2D eigenvalue weighted by atomic mass is 10.0. The molecular formula is C26H26BrClN2O3. The number of benzene rings is 3. The number of carbonyl (C=O) groups excluding carboxylic acids is 2. The number of carbonyl (C=O) groups is 2. The molecule has 0 saturated heterocycles. The van der Waals surface area contributed by atoms with E-state index in [1.807, 2.05) is 67.6 Å². The van der Waals surface area contributed by atoms with Gasteiger partial charge in [0.25, 0.3) is 5.91 Å². The van der Waals surface area contributed by atoms with Crippen LogP contribution in [0.2, 0.25) is 5.02 Å². The fourth-order valence-electron chi connectivity index (χ4n) is 3.47. The second kappa shape index (κ2) is 11.9. The lowest BCUT2D eigenvalue weighted by molar-refractivity contribution is -0.142. The molecule has 3 aromatic rings. The Morgan fingerprint density at radius 2 is 1.76 bits per heavy atom. The van der Waals surface area contributed by atoms with Crippen molar-refractivity contribution in [3.63, 3.8) is 0 Å². The molecule has 3 rings (SSSR count). The van der Waals surface area contributed by atoms with Gasteiger partial charge in [-0.2, -0.15) is 0 Å². The number of hydrogen-bond donors (Lipinski definition) is 1. The van der Waals surface area contributed by atoms with Crippen LogP contribution in [-0.2, 0) is 22.6 Å². The molecule has 0 aliphatic rings. The summed E-state index contributed by atoms with van der Waals surface area (Å²) in [6.07, 6.45) is 0.369. The molecule has 0 unspecified atom stereocenters. The maximum atomic E-state index is 13.4. The molecule has 3 aromatic carbocycles. The summed E-state index contributed by atoms with van der Waals surface area (Å²) in [5.41, 5.74) is 2.71. The molecule has 0 aliphatic carbocycles. The molecule has 172 valence electrons. The highest BCUT2D eigenvalue weighted by Crippen LogP contribution is 2.23. The molecule has 7 heteroatoms. The van der Waals surface area contributed by atoms with E-state index >= 15 is 0 Å². The number of nitrogens with one attached hydrogen (secondary N) is 1. The normalized spacial score (nSPS) is 11.5. The molecule has 1 atom stereocenters. The van der Waals surface area contributed by atoms with Gasteiger partial charge >= 0.3 is 0 Å². The van der Waals surface area contributed by atoms with Crippen molar-refractivity contribution in [2.45, 2.75) is 25.9 Å². The van der Waals surface area contributed by atoms with Crippen molar-refractivity contribution in [3.8, 4) is 5.75 Å². The maximum Gasteiger partial charge on any atom is 0.261 e. The largest absolute Gasteiger partial charge is 0.484 e. The number of nitrogens with zero attached hydrogens (tertiary/aromatic N) is 1. The molecule has 2 amide bonds. The van der Waals surface area contributed by atoms with Crippen LogP contribution in [0.3, 0.4) is 0 Å². The van der Waals surface area contributed by atoms with Crippen LogP contribution in [0, 0.1) is 6.92 Å². The SMILES string of the molecule is CNC(=O)[C@@H](Cc1ccccc1)N(Cc1ccccc1Cl)C(=O)COc1ccc(Br)c(C)c1. The van der Waals surface area contributed by atoms with Crippen molar-refractivity contribution >= 4 is 39.3 Å². The highest BCUT2D eigenvalue weighted by atomic mass is 79.9. The lowest BCUT2D eigenvalue weighted by Gasteiger charge is -2.31. The van der Waals surface area contributed by atoms with Gasteiger partial charge in [-0.05, 0) is 47.9 Å². The van der Waals surface area contributed by atoms with Crippen molar-refractivity contribution in [2.75, 3.05) is 13.7 Å². The van der Waals surface area contributed by atoms with Crippen LogP contribution >= 0.6 is 27.5 Å². The van der Waals surface area contributed by atoms with Gasteiger partial charge < -0.3 is 15.0 Å². The van der Waals surface area contributed by atoms with Crippen molar-refractivity contribution in [2.24, 2.45) is 0 Å². The van der Waals surface area contributed by atoms with Crippen molar-refractivity contribution in [1.29, 1.82) is 0 Å². The smallest absolute Gasteiger partial charge is 0.261 e. The molecule has 0 aliphatic heterocycles. The predicted octanol–water partition coefficient (Wildman–Crippen LogP) is 5.18. The molecule has 0 aromatic heterocycles. The molecule has 0 radical (unpaired) electrons. The molecule has 33 heavy (non-hydrogen) atoms. The van der Waals surface area contributed by atoms with Crippen LogP contribution in [0.25, 0.3) is 0 Å². The molecule has 0 heterocycles. The van der Waals surface area contributed by atoms with Crippen LogP contribution in [-0.4, -0.2) is 36.4 Å². The molecule has 0 bridgehead atoms. The van der Waals surface area contributed by atoms with Gasteiger partial charge in [-0.1, -0.05) is 76.1 Å². The Morgan fingerprint density at radius 3 is 2.42 bits per heavy atom. The highest BCUT2D eigenvalue weighted by molar-refractivity contribution is 9.10. The standard InChI is InChI=1S/C26H26BrClN2O3/c1-18-14-21(12-13-22(18)27)33-17-25(31)30(16-20-10-6-7-11-23(20)28)24(26(32)29-2)15-19-8-4-3-5-9-19/h3-14,24H,15-17H2,1-2H3,(H,29,32)/t24-/m1/s1. The second-order valence-corrected chi connectivity index (χ2v) is 8.89. The van der Waals surface area contributed by atoms with Crippen LogP contribution in [0.1, 0.15) is 16.7 Å². The number of halogens is 2. The number of likely N-dealkylation sites (N-methyl/N-ethyl adjacent to an activating group) is 1. The van der Waals surface area contributed by atoms with E-state index in [1.54, 1.807) is 24.1 Å². The Labute approximate surface area is 207 Å². The quantitative estimate of drug-likeness (QED) is 0.416. The first-order chi connectivity index (χ1) is 15.9. The van der Waals surface area contributed by atoms with Crippen molar-refractivity contribution in [1.82, 2.24) is 10.2 Å². The molecular weight excluding hydrogens is 504 g/mol. The summed E-state index contributed by atoms with van der Waals surface area (Å²) in [5, 5.41) is 3.23. The van der Waals surface area contributed by atoms with Gasteiger partial charge in [0.05, 0.1) is 0 Å². The average Bonchev–Trinajstić information content (AvgIpc) is 2.83. The van der Waals surface area contributed by atoms with Crippen LogP contribution in [0.4, 0.5) is 0 Å². The number of rotatable bonds is 9. The van der Waals surface area contributed by atoms with E-state index in [1.165, 1.54) is 0 Å². The van der Waals surface area contributed by atoms with E-state index in [0.29, 0.717) is 17.2 Å². The molecule has 0 saturated carbocycles. The van der Waals surface area contributed by atoms with E-state index in [9.17, 15) is 9.59 Å². The summed E-state index contributed by atoms with van der Waals surface area (Å²) in [6.45, 7) is 1.93. The van der Waals surface area contributed by atoms with Gasteiger partial charge in [0.2, 0.25) is 5.91 Å². The van der Waals surface area contributed by atoms with Gasteiger partial charge in [0.15, 0.2) is 6.61 Å². The minimum absolute atomic E-state index is 0.187. The zero-order chi connectivity index (χ0) is 23.8. The minimum atomic E-state index is -0.726. The first-order valence-corrected chi connectivity index (χ1v) is 11.7. The zero-order valence-corrected chi connectivity index (χ0v) is 20.9. The van der Waals surface area contributed by atoms with Gasteiger partial charge in [-0.15, -0.1) is 0 Å². The number of ether oxygens (including phenoxy) is 1. The van der Waals surface area contributed by atoms with Gasteiger partial charge in [-0.25, -0.2) is 0 Å². The van der Waals surface area contributed by atoms with Crippen molar-refractivity contribution in [3.05, 3.63) is 99.0 Å².